The average molecular weight is 331 g/mol. The molecule has 1 amide bonds. The first kappa shape index (κ1) is 15.4. The van der Waals surface area contributed by atoms with Gasteiger partial charge in [-0.15, -0.1) is 11.8 Å². The maximum atomic E-state index is 12.3. The molecule has 0 aliphatic carbocycles. The number of ether oxygens (including phenoxy) is 1. The van der Waals surface area contributed by atoms with Gasteiger partial charge < -0.3 is 9.64 Å². The number of hydrogen-bond donors (Lipinski definition) is 1. The van der Waals surface area contributed by atoms with Gasteiger partial charge in [0.1, 0.15) is 5.75 Å². The third kappa shape index (κ3) is 3.62. The smallest absolute Gasteiger partial charge is 0.410 e. The van der Waals surface area contributed by atoms with Crippen molar-refractivity contribution in [3.8, 4) is 5.75 Å². The van der Waals surface area contributed by atoms with E-state index in [1.165, 1.54) is 29.2 Å². The number of amides is 1. The van der Waals surface area contributed by atoms with Gasteiger partial charge in [-0.05, 0) is 23.8 Å². The number of benzene rings is 2. The summed E-state index contributed by atoms with van der Waals surface area (Å²) in [6, 6.07) is 13.7. The summed E-state index contributed by atoms with van der Waals surface area (Å²) in [7, 11) is 0. The van der Waals surface area contributed by atoms with Crippen molar-refractivity contribution < 1.29 is 19.7 Å². The molecular weight excluding hydrogens is 316 g/mol. The number of hydrogen-bond acceptors (Lipinski definition) is 4. The number of carbonyl (C=O) groups is 1. The Bertz CT molecular complexity index is 733. The van der Waals surface area contributed by atoms with Crippen molar-refractivity contribution in [1.82, 2.24) is 4.90 Å². The summed E-state index contributed by atoms with van der Waals surface area (Å²) < 4.78 is 5.33. The van der Waals surface area contributed by atoms with Crippen LogP contribution in [0, 0.1) is 4.91 Å². The molecule has 0 atom stereocenters. The quantitative estimate of drug-likeness (QED) is 0.852. The van der Waals surface area contributed by atoms with Gasteiger partial charge in [-0.3, -0.25) is 0 Å². The third-order valence-corrected chi connectivity index (χ3v) is 4.57. The Balaban J connectivity index is 1.69. The number of nitrogens with zero attached hydrogens (tertiary/aromatic N) is 2. The van der Waals surface area contributed by atoms with Gasteiger partial charge in [0.2, 0.25) is 0 Å². The van der Waals surface area contributed by atoms with E-state index >= 15 is 0 Å². The van der Waals surface area contributed by atoms with Crippen LogP contribution in [-0.2, 0) is 6.54 Å². The van der Waals surface area contributed by atoms with Crippen LogP contribution in [0.3, 0.4) is 0 Å². The van der Waals surface area contributed by atoms with Gasteiger partial charge in [0.25, 0.3) is 4.92 Å². The molecule has 23 heavy (non-hydrogen) atoms. The van der Waals surface area contributed by atoms with Crippen LogP contribution in [-0.4, -0.2) is 33.4 Å². The maximum absolute atomic E-state index is 12.3. The molecular formula is C16H15N2O4S+. The molecule has 1 N–H and O–H groups in total. The molecule has 2 aromatic carbocycles. The van der Waals surface area contributed by atoms with E-state index in [-0.39, 0.29) is 10.6 Å². The van der Waals surface area contributed by atoms with E-state index in [9.17, 15) is 9.70 Å². The van der Waals surface area contributed by atoms with E-state index in [0.717, 1.165) is 11.3 Å². The second-order valence-electron chi connectivity index (χ2n) is 5.01. The fourth-order valence-electron chi connectivity index (χ4n) is 2.29. The van der Waals surface area contributed by atoms with Crippen molar-refractivity contribution >= 4 is 23.5 Å². The highest BCUT2D eigenvalue weighted by Crippen LogP contribution is 2.27. The van der Waals surface area contributed by atoms with Crippen LogP contribution in [0.25, 0.3) is 0 Å². The molecule has 118 valence electrons. The third-order valence-electron chi connectivity index (χ3n) is 3.47. The molecule has 0 radical (unpaired) electrons. The Labute approximate surface area is 137 Å². The zero-order chi connectivity index (χ0) is 16.2. The maximum Gasteiger partial charge on any atom is 0.415 e. The summed E-state index contributed by atoms with van der Waals surface area (Å²) >= 11 is 1.72. The minimum absolute atomic E-state index is 0.0740. The van der Waals surface area contributed by atoms with E-state index in [2.05, 4.69) is 6.07 Å². The van der Waals surface area contributed by atoms with Crippen LogP contribution >= 0.6 is 11.8 Å². The number of thioether (sulfide) groups is 1. The fraction of sp³-hybridized carbons (Fsp3) is 0.188. The Hall–Kier alpha value is -2.54. The van der Waals surface area contributed by atoms with Crippen LogP contribution in [0.1, 0.15) is 5.56 Å². The van der Waals surface area contributed by atoms with Gasteiger partial charge in [0.15, 0.2) is 0 Å². The van der Waals surface area contributed by atoms with Crippen molar-refractivity contribution in [3.05, 3.63) is 59.0 Å². The van der Waals surface area contributed by atoms with Crippen LogP contribution < -0.4 is 4.74 Å². The molecule has 0 aromatic heterocycles. The minimum Gasteiger partial charge on any atom is -0.410 e. The van der Waals surface area contributed by atoms with Gasteiger partial charge in [-0.1, -0.05) is 18.2 Å². The highest BCUT2D eigenvalue weighted by molar-refractivity contribution is 7.99. The summed E-state index contributed by atoms with van der Waals surface area (Å²) in [4.78, 5) is 25.7. The van der Waals surface area contributed by atoms with Crippen molar-refractivity contribution in [2.45, 2.75) is 11.4 Å². The summed E-state index contributed by atoms with van der Waals surface area (Å²) in [6.07, 6.45) is -0.432. The Morgan fingerprint density at radius 3 is 2.65 bits per heavy atom. The molecule has 0 spiro atoms. The summed E-state index contributed by atoms with van der Waals surface area (Å²) in [5.41, 5.74) is 1.18. The first-order chi connectivity index (χ1) is 11.1. The first-order valence-electron chi connectivity index (χ1n) is 7.07. The van der Waals surface area contributed by atoms with E-state index in [0.29, 0.717) is 18.8 Å². The topological polar surface area (TPSA) is 69.8 Å². The highest BCUT2D eigenvalue weighted by atomic mass is 32.2. The van der Waals surface area contributed by atoms with Gasteiger partial charge in [0, 0.05) is 29.3 Å². The zero-order valence-corrected chi connectivity index (χ0v) is 13.0. The normalized spacial score (nSPS) is 13.8. The zero-order valence-electron chi connectivity index (χ0n) is 12.2. The predicted octanol–water partition coefficient (Wildman–Crippen LogP) is 3.59. The van der Waals surface area contributed by atoms with Crippen molar-refractivity contribution in [2.24, 2.45) is 0 Å². The molecule has 1 aliphatic rings. The van der Waals surface area contributed by atoms with E-state index in [4.69, 9.17) is 9.94 Å². The molecule has 7 heteroatoms. The lowest BCUT2D eigenvalue weighted by atomic mass is 10.2. The SMILES string of the molecule is O=C(Oc1ccc([N+](=O)O)cc1)N1CCSc2ccccc2C1. The molecule has 0 saturated heterocycles. The van der Waals surface area contributed by atoms with Crippen LogP contribution in [0.5, 0.6) is 5.75 Å². The second kappa shape index (κ2) is 6.70. The lowest BCUT2D eigenvalue weighted by molar-refractivity contribution is -0.729. The van der Waals surface area contributed by atoms with Crippen LogP contribution in [0.15, 0.2) is 53.4 Å². The largest absolute Gasteiger partial charge is 0.415 e. The minimum atomic E-state index is -0.432. The van der Waals surface area contributed by atoms with E-state index in [1.807, 2.05) is 18.2 Å². The predicted molar refractivity (Wildman–Crippen MR) is 85.1 cm³/mol. The lowest BCUT2D eigenvalue weighted by Crippen LogP contribution is -2.34. The van der Waals surface area contributed by atoms with Gasteiger partial charge in [-0.2, -0.15) is 0 Å². The number of rotatable bonds is 2. The monoisotopic (exact) mass is 331 g/mol. The van der Waals surface area contributed by atoms with Crippen LogP contribution in [0.2, 0.25) is 0 Å². The van der Waals surface area contributed by atoms with Gasteiger partial charge >= 0.3 is 11.8 Å². The molecule has 3 rings (SSSR count). The highest BCUT2D eigenvalue weighted by Gasteiger charge is 2.21. The van der Waals surface area contributed by atoms with E-state index < -0.39 is 6.09 Å². The molecule has 0 bridgehead atoms. The standard InChI is InChI=1S/C16H15N2O4S/c19-16(22-14-7-5-13(6-8-14)18(20)21)17-9-10-23-15-4-2-1-3-12(15)11-17/h1-8H,9-11H2,(H,20,21)/q+1. The number of carbonyl (C=O) groups excluding carboxylic acids is 1. The van der Waals surface area contributed by atoms with E-state index in [1.54, 1.807) is 16.7 Å². The Morgan fingerprint density at radius 1 is 1.17 bits per heavy atom. The van der Waals surface area contributed by atoms with Crippen LogP contribution in [0.4, 0.5) is 10.5 Å². The molecule has 0 unspecified atom stereocenters. The summed E-state index contributed by atoms with van der Waals surface area (Å²) in [5.74, 6) is 1.13. The van der Waals surface area contributed by atoms with Crippen molar-refractivity contribution in [3.63, 3.8) is 0 Å². The molecule has 1 aliphatic heterocycles. The summed E-state index contributed by atoms with van der Waals surface area (Å²) in [6.45, 7) is 1.10. The van der Waals surface area contributed by atoms with Crippen molar-refractivity contribution in [1.29, 1.82) is 0 Å². The van der Waals surface area contributed by atoms with Crippen molar-refractivity contribution in [2.75, 3.05) is 12.3 Å². The summed E-state index contributed by atoms with van der Waals surface area (Å²) in [5, 5.41) is 8.78. The van der Waals surface area contributed by atoms with Gasteiger partial charge in [-0.25, -0.2) is 10.0 Å². The molecule has 0 saturated carbocycles. The molecule has 1 heterocycles. The lowest BCUT2D eigenvalue weighted by Gasteiger charge is -2.19. The molecule has 0 fully saturated rings. The first-order valence-corrected chi connectivity index (χ1v) is 8.06. The van der Waals surface area contributed by atoms with Gasteiger partial charge in [0.05, 0.1) is 11.5 Å². The molecule has 2 aromatic rings. The second-order valence-corrected chi connectivity index (χ2v) is 6.15. The Morgan fingerprint density at radius 2 is 1.91 bits per heavy atom. The number of fused-ring (bicyclic) bond motifs is 1. The average Bonchev–Trinajstić information content (AvgIpc) is 2.77. The molecule has 6 nitrogen and oxygen atoms in total. The Kier molecular flexibility index (Phi) is 4.47. The fourth-order valence-corrected chi connectivity index (χ4v) is 3.31.